The van der Waals surface area contributed by atoms with Crippen molar-refractivity contribution < 1.29 is 94.9 Å². The summed E-state index contributed by atoms with van der Waals surface area (Å²) in [6.45, 7) is 16.3. The molecular formula is C82H104N2O13Y. The van der Waals surface area contributed by atoms with Crippen LogP contribution in [0.1, 0.15) is 197 Å². The number of hydrogen-bond acceptors (Lipinski definition) is 13. The van der Waals surface area contributed by atoms with Crippen LogP contribution in [0, 0.1) is 5.41 Å². The fourth-order valence-electron chi connectivity index (χ4n) is 14.0. The molecule has 7 aromatic carbocycles. The molecule has 2 amide bonds. The second kappa shape index (κ2) is 38.5. The van der Waals surface area contributed by atoms with Gasteiger partial charge in [0.25, 0.3) is 0 Å². The van der Waals surface area contributed by atoms with Gasteiger partial charge < -0.3 is 53.6 Å². The van der Waals surface area contributed by atoms with Gasteiger partial charge >= 0.3 is 24.3 Å². The van der Waals surface area contributed by atoms with E-state index in [4.69, 9.17) is 33.2 Å². The van der Waals surface area contributed by atoms with Crippen molar-refractivity contribution in [2.75, 3.05) is 48.1 Å². The number of ether oxygens (including phenoxy) is 8. The van der Waals surface area contributed by atoms with Crippen molar-refractivity contribution in [2.45, 2.75) is 179 Å². The second-order valence-electron chi connectivity index (χ2n) is 27.6. The SMILES string of the molecule is CC(=O)Oc1ccc(C2(c3ccc(OC(=O)Oc4ccc(C(C)(C)CC(C)(C)C)cc4)cc3)CCCCC2)cc1.COC(=O)NCCCCCCNC(=O)OCCCC(C)(c1ccc(OC)cc1)c1ccc(OC)cc1.COc1ccc(C2(c3ccc(O)cc3)CCCCC2)cc1.[Y]. The Kier molecular flexibility index (Phi) is 31.1. The van der Waals surface area contributed by atoms with E-state index >= 15 is 0 Å². The first-order valence-electron chi connectivity index (χ1n) is 34.4. The summed E-state index contributed by atoms with van der Waals surface area (Å²) in [5.74, 6) is 3.97. The number of phenolic OH excluding ortho intramolecular Hbond substituents is 1. The number of nitrogens with one attached hydrogen (secondary N) is 2. The summed E-state index contributed by atoms with van der Waals surface area (Å²) < 4.78 is 42.1. The molecule has 15 nitrogen and oxygen atoms in total. The Bertz CT molecular complexity index is 3470. The van der Waals surface area contributed by atoms with Gasteiger partial charge in [-0.1, -0.05) is 178 Å². The van der Waals surface area contributed by atoms with E-state index in [0.717, 1.165) is 87.9 Å². The molecule has 7 aromatic rings. The van der Waals surface area contributed by atoms with Gasteiger partial charge in [0.15, 0.2) is 0 Å². The molecule has 0 atom stereocenters. The molecule has 3 N–H and O–H groups in total. The van der Waals surface area contributed by atoms with Gasteiger partial charge in [-0.2, -0.15) is 0 Å². The number of esters is 1. The molecule has 2 aliphatic rings. The first-order chi connectivity index (χ1) is 46.5. The summed E-state index contributed by atoms with van der Waals surface area (Å²) in [4.78, 5) is 46.9. The minimum absolute atomic E-state index is 0. The molecule has 0 aromatic heterocycles. The zero-order chi connectivity index (χ0) is 69.9. The Morgan fingerprint density at radius 1 is 0.429 bits per heavy atom. The number of amides is 2. The molecule has 523 valence electrons. The van der Waals surface area contributed by atoms with Crippen LogP contribution >= 0.6 is 0 Å². The zero-order valence-electron chi connectivity index (χ0n) is 59.7. The summed E-state index contributed by atoms with van der Waals surface area (Å²) in [5.41, 5.74) is 8.50. The van der Waals surface area contributed by atoms with E-state index in [2.05, 4.69) is 118 Å². The molecule has 2 aliphatic carbocycles. The van der Waals surface area contributed by atoms with Crippen LogP contribution in [0.4, 0.5) is 14.4 Å². The van der Waals surface area contributed by atoms with Gasteiger partial charge in [-0.15, -0.1) is 0 Å². The predicted octanol–water partition coefficient (Wildman–Crippen LogP) is 19.2. The van der Waals surface area contributed by atoms with Crippen molar-refractivity contribution in [2.24, 2.45) is 5.41 Å². The first kappa shape index (κ1) is 79.1. The Morgan fingerprint density at radius 2 is 0.776 bits per heavy atom. The van der Waals surface area contributed by atoms with Crippen LogP contribution in [0.2, 0.25) is 0 Å². The third-order valence-electron chi connectivity index (χ3n) is 18.9. The molecule has 0 aliphatic heterocycles. The van der Waals surface area contributed by atoms with E-state index in [0.29, 0.717) is 42.7 Å². The maximum atomic E-state index is 12.6. The minimum Gasteiger partial charge on any atom is -0.508 e. The fourth-order valence-corrected chi connectivity index (χ4v) is 14.0. The van der Waals surface area contributed by atoms with Crippen LogP contribution in [0.3, 0.4) is 0 Å². The fraction of sp³-hybridized carbons (Fsp3) is 0.439. The van der Waals surface area contributed by atoms with Crippen LogP contribution in [0.15, 0.2) is 170 Å². The second-order valence-corrected chi connectivity index (χ2v) is 27.6. The number of carbonyl (C=O) groups is 4. The van der Waals surface area contributed by atoms with Crippen LogP contribution in [-0.2, 0) is 68.6 Å². The molecular weight excluding hydrogens is 1310 g/mol. The number of carbonyl (C=O) groups excluding carboxylic acids is 4. The quantitative estimate of drug-likeness (QED) is 0.0213. The van der Waals surface area contributed by atoms with Crippen molar-refractivity contribution in [3.63, 3.8) is 0 Å². The van der Waals surface area contributed by atoms with Gasteiger partial charge in [-0.3, -0.25) is 4.79 Å². The molecule has 2 saturated carbocycles. The standard InChI is InChI=1S/C35H42O5.C28H40N2O6.C19H22O2.Y/c1-25(36)38-29-18-12-27(13-19-29)35(22-8-7-9-23-35)28-14-20-31(21-15-28)40-32(37)39-30-16-10-26(11-17-30)34(5,6)24-33(2,3)4;1-28(22-10-14-24(33-2)15-11-22,23-12-16-25(34-3)17-13-23)18-9-21-36-27(32)30-20-8-6-5-7-19-29-26(31)35-4;1-21-18-11-7-16(8-12-18)19(13-3-2-4-14-19)15-5-9-17(20)10-6-15;/h10-21H,7-9,22-24H2,1-6H3;10-17H,5-9,18-21H2,1-4H3,(H,29,31)(H,30,32);5-12,20H,2-4,13-14H2,1H3;. The number of alkyl carbamates (subject to hydrolysis) is 2. The van der Waals surface area contributed by atoms with Crippen molar-refractivity contribution in [1.29, 1.82) is 0 Å². The van der Waals surface area contributed by atoms with Crippen LogP contribution in [-0.4, -0.2) is 77.6 Å². The molecule has 0 heterocycles. The van der Waals surface area contributed by atoms with Crippen molar-refractivity contribution >= 4 is 24.3 Å². The molecule has 0 unspecified atom stereocenters. The predicted molar refractivity (Wildman–Crippen MR) is 383 cm³/mol. The molecule has 1 radical (unpaired) electrons. The topological polar surface area (TPSA) is 186 Å². The number of unbranched alkanes of at least 4 members (excludes halogenated alkanes) is 3. The van der Waals surface area contributed by atoms with Crippen molar-refractivity contribution in [3.8, 4) is 40.2 Å². The van der Waals surface area contributed by atoms with Crippen LogP contribution in [0.5, 0.6) is 40.2 Å². The van der Waals surface area contributed by atoms with Gasteiger partial charge in [-0.25, -0.2) is 14.4 Å². The maximum absolute atomic E-state index is 12.6. The third kappa shape index (κ3) is 23.4. The van der Waals surface area contributed by atoms with E-state index in [1.807, 2.05) is 97.1 Å². The average Bonchev–Trinajstić information content (AvgIpc) is 0.782. The van der Waals surface area contributed by atoms with E-state index in [-0.39, 0.29) is 65.8 Å². The molecule has 98 heavy (non-hydrogen) atoms. The number of methoxy groups -OCH3 is 4. The number of benzene rings is 7. The smallest absolute Gasteiger partial charge is 0.508 e. The maximum Gasteiger partial charge on any atom is 0.519 e. The average molecular weight is 1410 g/mol. The largest absolute Gasteiger partial charge is 0.519 e. The zero-order valence-corrected chi connectivity index (χ0v) is 62.6. The Hall–Kier alpha value is -7.88. The summed E-state index contributed by atoms with van der Waals surface area (Å²) in [6.07, 6.45) is 16.4. The van der Waals surface area contributed by atoms with Gasteiger partial charge in [0.2, 0.25) is 0 Å². The molecule has 2 fully saturated rings. The van der Waals surface area contributed by atoms with Gasteiger partial charge in [-0.05, 0) is 192 Å². The normalized spacial score (nSPS) is 13.9. The van der Waals surface area contributed by atoms with E-state index < -0.39 is 18.3 Å². The number of rotatable bonds is 25. The molecule has 0 bridgehead atoms. The third-order valence-corrected chi connectivity index (χ3v) is 18.9. The molecule has 9 rings (SSSR count). The summed E-state index contributed by atoms with van der Waals surface area (Å²) >= 11 is 0. The van der Waals surface area contributed by atoms with E-state index in [1.54, 1.807) is 33.5 Å². The van der Waals surface area contributed by atoms with Gasteiger partial charge in [0.1, 0.15) is 40.2 Å². The Morgan fingerprint density at radius 3 is 1.15 bits per heavy atom. The van der Waals surface area contributed by atoms with Gasteiger partial charge in [0.05, 0.1) is 35.0 Å². The number of phenols is 1. The summed E-state index contributed by atoms with van der Waals surface area (Å²) in [5, 5.41) is 15.0. The van der Waals surface area contributed by atoms with Crippen LogP contribution in [0.25, 0.3) is 0 Å². The first-order valence-corrected chi connectivity index (χ1v) is 34.4. The van der Waals surface area contributed by atoms with Crippen molar-refractivity contribution in [3.05, 3.63) is 209 Å². The van der Waals surface area contributed by atoms with Gasteiger partial charge in [0, 0.05) is 69.0 Å². The summed E-state index contributed by atoms with van der Waals surface area (Å²) in [7, 11) is 6.36. The number of hydrogen-bond donors (Lipinski definition) is 3. The monoisotopic (exact) mass is 1410 g/mol. The Labute approximate surface area is 607 Å². The van der Waals surface area contributed by atoms with Crippen LogP contribution < -0.4 is 39.1 Å². The molecule has 0 spiro atoms. The van der Waals surface area contributed by atoms with Crippen molar-refractivity contribution in [1.82, 2.24) is 10.6 Å². The minimum atomic E-state index is -0.761. The van der Waals surface area contributed by atoms with E-state index in [1.165, 1.54) is 91.5 Å². The van der Waals surface area contributed by atoms with E-state index in [9.17, 15) is 24.3 Å². The number of aromatic hydroxyl groups is 1. The molecule has 16 heteroatoms. The Balaban J connectivity index is 0.000000241. The summed E-state index contributed by atoms with van der Waals surface area (Å²) in [6, 6.07) is 55.7. The molecule has 0 saturated heterocycles.